The van der Waals surface area contributed by atoms with Crippen molar-refractivity contribution in [3.05, 3.63) is 35.5 Å². The van der Waals surface area contributed by atoms with E-state index in [1.807, 2.05) is 0 Å². The monoisotopic (exact) mass is 214 g/mol. The molecule has 1 aromatic heterocycles. The molecule has 0 bridgehead atoms. The lowest BCUT2D eigenvalue weighted by atomic mass is 9.74. The molecular formula is C14H18N2. The standard InChI is InChI=1S/C14H18N2/c1-14(2)7-10(15)13-9-5-3-4-6-11(9)16-12(13)8-14/h3-6,10,16H,7-8,15H2,1-2H3. The maximum absolute atomic E-state index is 6.31. The van der Waals surface area contributed by atoms with Crippen molar-refractivity contribution in [1.29, 1.82) is 0 Å². The van der Waals surface area contributed by atoms with E-state index in [1.54, 1.807) is 0 Å². The Kier molecular flexibility index (Phi) is 1.93. The molecule has 0 fully saturated rings. The molecule has 16 heavy (non-hydrogen) atoms. The fourth-order valence-corrected chi connectivity index (χ4v) is 3.03. The van der Waals surface area contributed by atoms with Crippen LogP contribution in [0.25, 0.3) is 10.9 Å². The Hall–Kier alpha value is -1.28. The van der Waals surface area contributed by atoms with Gasteiger partial charge in [0.1, 0.15) is 0 Å². The molecule has 2 heteroatoms. The fraction of sp³-hybridized carbons (Fsp3) is 0.429. The van der Waals surface area contributed by atoms with Crippen molar-refractivity contribution in [2.45, 2.75) is 32.7 Å². The van der Waals surface area contributed by atoms with Gasteiger partial charge in [-0.15, -0.1) is 0 Å². The van der Waals surface area contributed by atoms with E-state index in [0.29, 0.717) is 5.41 Å². The van der Waals surface area contributed by atoms with Crippen LogP contribution in [0.3, 0.4) is 0 Å². The highest BCUT2D eigenvalue weighted by molar-refractivity contribution is 5.85. The van der Waals surface area contributed by atoms with E-state index in [9.17, 15) is 0 Å². The second kappa shape index (κ2) is 3.11. The van der Waals surface area contributed by atoms with E-state index < -0.39 is 0 Å². The van der Waals surface area contributed by atoms with Gasteiger partial charge in [-0.25, -0.2) is 0 Å². The second-order valence-corrected chi connectivity index (χ2v) is 5.71. The first-order valence-electron chi connectivity index (χ1n) is 5.92. The molecule has 3 rings (SSSR count). The first-order valence-corrected chi connectivity index (χ1v) is 5.92. The van der Waals surface area contributed by atoms with Gasteiger partial charge >= 0.3 is 0 Å². The first-order chi connectivity index (χ1) is 7.57. The average Bonchev–Trinajstić information content (AvgIpc) is 2.52. The zero-order valence-electron chi connectivity index (χ0n) is 9.88. The largest absolute Gasteiger partial charge is 0.358 e. The van der Waals surface area contributed by atoms with Crippen LogP contribution < -0.4 is 5.73 Å². The smallest absolute Gasteiger partial charge is 0.0459 e. The number of para-hydroxylation sites is 1. The van der Waals surface area contributed by atoms with Crippen LogP contribution in [0.2, 0.25) is 0 Å². The van der Waals surface area contributed by atoms with Crippen LogP contribution in [-0.4, -0.2) is 4.98 Å². The molecule has 2 nitrogen and oxygen atoms in total. The Bertz CT molecular complexity index is 537. The summed E-state index contributed by atoms with van der Waals surface area (Å²) in [6, 6.07) is 8.63. The van der Waals surface area contributed by atoms with Gasteiger partial charge in [0.15, 0.2) is 0 Å². The number of aromatic amines is 1. The molecule has 1 unspecified atom stereocenters. The minimum Gasteiger partial charge on any atom is -0.358 e. The molecule has 0 saturated carbocycles. The number of hydrogen-bond acceptors (Lipinski definition) is 1. The van der Waals surface area contributed by atoms with E-state index in [2.05, 4.69) is 43.1 Å². The number of hydrogen-bond donors (Lipinski definition) is 2. The van der Waals surface area contributed by atoms with E-state index in [1.165, 1.54) is 22.2 Å². The summed E-state index contributed by atoms with van der Waals surface area (Å²) in [5.41, 5.74) is 10.5. The Labute approximate surface area is 95.8 Å². The summed E-state index contributed by atoms with van der Waals surface area (Å²) in [4.78, 5) is 3.52. The third-order valence-corrected chi connectivity index (χ3v) is 3.63. The number of H-pyrrole nitrogens is 1. The molecule has 0 saturated heterocycles. The quantitative estimate of drug-likeness (QED) is 0.695. The van der Waals surface area contributed by atoms with Crippen molar-refractivity contribution < 1.29 is 0 Å². The van der Waals surface area contributed by atoms with E-state index in [0.717, 1.165) is 12.8 Å². The molecule has 84 valence electrons. The number of benzene rings is 1. The maximum Gasteiger partial charge on any atom is 0.0459 e. The van der Waals surface area contributed by atoms with Gasteiger partial charge in [0.25, 0.3) is 0 Å². The van der Waals surface area contributed by atoms with Crippen molar-refractivity contribution >= 4 is 10.9 Å². The van der Waals surface area contributed by atoms with Crippen LogP contribution in [0.15, 0.2) is 24.3 Å². The van der Waals surface area contributed by atoms with Crippen LogP contribution in [-0.2, 0) is 6.42 Å². The molecule has 0 aliphatic heterocycles. The summed E-state index contributed by atoms with van der Waals surface area (Å²) in [6.07, 6.45) is 2.17. The van der Waals surface area contributed by atoms with Gasteiger partial charge in [-0.05, 0) is 29.9 Å². The third-order valence-electron chi connectivity index (χ3n) is 3.63. The Morgan fingerprint density at radius 1 is 1.31 bits per heavy atom. The highest BCUT2D eigenvalue weighted by Gasteiger charge is 2.32. The SMILES string of the molecule is CC1(C)Cc2[nH]c3ccccc3c2C(N)C1. The molecular weight excluding hydrogens is 196 g/mol. The minimum atomic E-state index is 0.176. The van der Waals surface area contributed by atoms with Crippen LogP contribution in [0.1, 0.15) is 37.6 Å². The lowest BCUT2D eigenvalue weighted by Crippen LogP contribution is -2.29. The molecule has 1 aliphatic rings. The van der Waals surface area contributed by atoms with Crippen molar-refractivity contribution in [2.75, 3.05) is 0 Å². The first kappa shape index (κ1) is 9.91. The predicted molar refractivity (Wildman–Crippen MR) is 67.3 cm³/mol. The van der Waals surface area contributed by atoms with Gasteiger partial charge in [0.2, 0.25) is 0 Å². The van der Waals surface area contributed by atoms with Gasteiger partial charge in [-0.1, -0.05) is 32.0 Å². The van der Waals surface area contributed by atoms with Crippen molar-refractivity contribution in [3.8, 4) is 0 Å². The lowest BCUT2D eigenvalue weighted by Gasteiger charge is -2.33. The molecule has 2 aromatic rings. The number of fused-ring (bicyclic) bond motifs is 3. The summed E-state index contributed by atoms with van der Waals surface area (Å²) < 4.78 is 0. The highest BCUT2D eigenvalue weighted by Crippen LogP contribution is 2.42. The van der Waals surface area contributed by atoms with Gasteiger partial charge in [-0.3, -0.25) is 0 Å². The van der Waals surface area contributed by atoms with Gasteiger partial charge in [-0.2, -0.15) is 0 Å². The van der Waals surface area contributed by atoms with Crippen LogP contribution in [0.4, 0.5) is 0 Å². The Morgan fingerprint density at radius 3 is 2.88 bits per heavy atom. The van der Waals surface area contributed by atoms with Crippen molar-refractivity contribution in [2.24, 2.45) is 11.1 Å². The van der Waals surface area contributed by atoms with Gasteiger partial charge < -0.3 is 10.7 Å². The third kappa shape index (κ3) is 1.37. The molecule has 1 atom stereocenters. The van der Waals surface area contributed by atoms with E-state index >= 15 is 0 Å². The van der Waals surface area contributed by atoms with Gasteiger partial charge in [0, 0.05) is 22.6 Å². The topological polar surface area (TPSA) is 41.8 Å². The summed E-state index contributed by atoms with van der Waals surface area (Å²) in [6.45, 7) is 4.59. The number of aromatic nitrogens is 1. The second-order valence-electron chi connectivity index (χ2n) is 5.71. The molecule has 0 amide bonds. The molecule has 1 aliphatic carbocycles. The summed E-state index contributed by atoms with van der Waals surface area (Å²) in [7, 11) is 0. The van der Waals surface area contributed by atoms with E-state index in [4.69, 9.17) is 5.73 Å². The predicted octanol–water partition coefficient (Wildman–Crippen LogP) is 3.14. The van der Waals surface area contributed by atoms with E-state index in [-0.39, 0.29) is 6.04 Å². The molecule has 1 heterocycles. The summed E-state index contributed by atoms with van der Waals surface area (Å²) in [5, 5.41) is 1.31. The van der Waals surface area contributed by atoms with Gasteiger partial charge in [0.05, 0.1) is 0 Å². The van der Waals surface area contributed by atoms with Crippen LogP contribution >= 0.6 is 0 Å². The molecule has 3 N–H and O–H groups in total. The van der Waals surface area contributed by atoms with Crippen LogP contribution in [0, 0.1) is 5.41 Å². The zero-order chi connectivity index (χ0) is 11.3. The molecule has 1 aromatic carbocycles. The average molecular weight is 214 g/mol. The summed E-state index contributed by atoms with van der Waals surface area (Å²) in [5.74, 6) is 0. The molecule has 0 spiro atoms. The summed E-state index contributed by atoms with van der Waals surface area (Å²) >= 11 is 0. The Morgan fingerprint density at radius 2 is 2.06 bits per heavy atom. The zero-order valence-corrected chi connectivity index (χ0v) is 9.88. The normalized spacial score (nSPS) is 23.3. The van der Waals surface area contributed by atoms with Crippen molar-refractivity contribution in [1.82, 2.24) is 4.98 Å². The molecule has 0 radical (unpaired) electrons. The maximum atomic E-state index is 6.31. The highest BCUT2D eigenvalue weighted by atomic mass is 14.8. The van der Waals surface area contributed by atoms with Crippen molar-refractivity contribution in [3.63, 3.8) is 0 Å². The fourth-order valence-electron chi connectivity index (χ4n) is 3.03. The van der Waals surface area contributed by atoms with Crippen LogP contribution in [0.5, 0.6) is 0 Å². The Balaban J connectivity index is 2.25. The minimum absolute atomic E-state index is 0.176. The number of nitrogens with one attached hydrogen (secondary N) is 1. The number of nitrogens with two attached hydrogens (primary N) is 1. The lowest BCUT2D eigenvalue weighted by molar-refractivity contribution is 0.281. The number of rotatable bonds is 0.